The van der Waals surface area contributed by atoms with Crippen LogP contribution in [0.5, 0.6) is 0 Å². The molecule has 0 spiro atoms. The standard InChI is InChI=1S/C18H26ClNO/c1-13-8-10-18(21,11-9-13)12-20-17(14-2-3-14)15-4-6-16(19)7-5-15/h4-7,13-14,17,20-21H,2-3,8-12H2,1H3. The molecule has 2 nitrogen and oxygen atoms in total. The molecule has 116 valence electrons. The molecule has 0 aliphatic heterocycles. The molecule has 3 rings (SSSR count). The Balaban J connectivity index is 1.62. The normalized spacial score (nSPS) is 31.1. The van der Waals surface area contributed by atoms with Crippen molar-refractivity contribution in [1.82, 2.24) is 5.32 Å². The van der Waals surface area contributed by atoms with Gasteiger partial charge in [-0.15, -0.1) is 0 Å². The van der Waals surface area contributed by atoms with Crippen molar-refractivity contribution >= 4 is 11.6 Å². The maximum atomic E-state index is 10.7. The van der Waals surface area contributed by atoms with E-state index in [0.29, 0.717) is 12.6 Å². The minimum atomic E-state index is -0.508. The van der Waals surface area contributed by atoms with Crippen LogP contribution in [0.25, 0.3) is 0 Å². The molecule has 0 heterocycles. The van der Waals surface area contributed by atoms with E-state index >= 15 is 0 Å². The van der Waals surface area contributed by atoms with E-state index in [2.05, 4.69) is 24.4 Å². The Hall–Kier alpha value is -0.570. The predicted octanol–water partition coefficient (Wildman–Crippen LogP) is 4.32. The van der Waals surface area contributed by atoms with Gasteiger partial charge in [0.1, 0.15) is 0 Å². The first kappa shape index (κ1) is 15.3. The number of halogens is 1. The molecule has 0 amide bonds. The van der Waals surface area contributed by atoms with E-state index in [9.17, 15) is 5.11 Å². The van der Waals surface area contributed by atoms with Crippen molar-refractivity contribution in [2.75, 3.05) is 6.54 Å². The second kappa shape index (κ2) is 6.28. The highest BCUT2D eigenvalue weighted by Gasteiger charge is 2.36. The number of hydrogen-bond donors (Lipinski definition) is 2. The van der Waals surface area contributed by atoms with E-state index in [0.717, 1.165) is 42.5 Å². The molecular formula is C18H26ClNO. The first-order valence-electron chi connectivity index (χ1n) is 8.27. The summed E-state index contributed by atoms with van der Waals surface area (Å²) in [4.78, 5) is 0. The third-order valence-corrected chi connectivity index (χ3v) is 5.43. The lowest BCUT2D eigenvalue weighted by atomic mass is 9.79. The number of aliphatic hydroxyl groups is 1. The lowest BCUT2D eigenvalue weighted by Crippen LogP contribution is -2.44. The summed E-state index contributed by atoms with van der Waals surface area (Å²) in [7, 11) is 0. The lowest BCUT2D eigenvalue weighted by Gasteiger charge is -2.36. The number of hydrogen-bond acceptors (Lipinski definition) is 2. The fourth-order valence-electron chi connectivity index (χ4n) is 3.43. The van der Waals surface area contributed by atoms with Gasteiger partial charge < -0.3 is 10.4 Å². The van der Waals surface area contributed by atoms with Crippen LogP contribution in [0.1, 0.15) is 57.1 Å². The Bertz CT molecular complexity index is 461. The topological polar surface area (TPSA) is 32.3 Å². The number of benzene rings is 1. The molecule has 2 fully saturated rings. The Morgan fingerprint density at radius 3 is 2.38 bits per heavy atom. The van der Waals surface area contributed by atoms with Crippen molar-refractivity contribution in [2.24, 2.45) is 11.8 Å². The first-order valence-corrected chi connectivity index (χ1v) is 8.65. The molecule has 0 aromatic heterocycles. The van der Waals surface area contributed by atoms with Crippen LogP contribution in [-0.4, -0.2) is 17.3 Å². The highest BCUT2D eigenvalue weighted by Crippen LogP contribution is 2.42. The molecule has 1 aromatic carbocycles. The van der Waals surface area contributed by atoms with Crippen molar-refractivity contribution in [2.45, 2.75) is 57.1 Å². The zero-order valence-corrected chi connectivity index (χ0v) is 13.6. The average Bonchev–Trinajstić information content (AvgIpc) is 3.29. The highest BCUT2D eigenvalue weighted by molar-refractivity contribution is 6.30. The van der Waals surface area contributed by atoms with E-state index in [1.807, 2.05) is 12.1 Å². The van der Waals surface area contributed by atoms with E-state index in [-0.39, 0.29) is 0 Å². The molecule has 0 bridgehead atoms. The molecular weight excluding hydrogens is 282 g/mol. The van der Waals surface area contributed by atoms with Gasteiger partial charge in [-0.3, -0.25) is 0 Å². The summed E-state index contributed by atoms with van der Waals surface area (Å²) >= 11 is 5.99. The predicted molar refractivity (Wildman–Crippen MR) is 87.5 cm³/mol. The van der Waals surface area contributed by atoms with E-state index < -0.39 is 5.60 Å². The van der Waals surface area contributed by atoms with Gasteiger partial charge in [0.25, 0.3) is 0 Å². The van der Waals surface area contributed by atoms with Gasteiger partial charge in [-0.25, -0.2) is 0 Å². The van der Waals surface area contributed by atoms with Gasteiger partial charge in [-0.2, -0.15) is 0 Å². The number of rotatable bonds is 5. The third kappa shape index (κ3) is 4.00. The van der Waals surface area contributed by atoms with Crippen LogP contribution in [-0.2, 0) is 0 Å². The molecule has 3 heteroatoms. The summed E-state index contributed by atoms with van der Waals surface area (Å²) in [5, 5.41) is 15.2. The zero-order valence-electron chi connectivity index (χ0n) is 12.8. The minimum Gasteiger partial charge on any atom is -0.389 e. The van der Waals surface area contributed by atoms with Crippen LogP contribution in [0, 0.1) is 11.8 Å². The summed E-state index contributed by atoms with van der Waals surface area (Å²) in [5.74, 6) is 1.48. The maximum absolute atomic E-state index is 10.7. The van der Waals surface area contributed by atoms with Crippen LogP contribution < -0.4 is 5.32 Å². The second-order valence-electron chi connectivity index (χ2n) is 7.15. The Labute approximate surface area is 132 Å². The van der Waals surface area contributed by atoms with Gasteiger partial charge in [0.05, 0.1) is 5.60 Å². The molecule has 2 aliphatic rings. The monoisotopic (exact) mass is 307 g/mol. The zero-order chi connectivity index (χ0) is 14.9. The van der Waals surface area contributed by atoms with Gasteiger partial charge >= 0.3 is 0 Å². The van der Waals surface area contributed by atoms with Crippen molar-refractivity contribution in [3.63, 3.8) is 0 Å². The third-order valence-electron chi connectivity index (χ3n) is 5.18. The Kier molecular flexibility index (Phi) is 4.58. The summed E-state index contributed by atoms with van der Waals surface area (Å²) in [5.41, 5.74) is 0.793. The fraction of sp³-hybridized carbons (Fsp3) is 0.667. The van der Waals surface area contributed by atoms with Gasteiger partial charge in [0, 0.05) is 17.6 Å². The molecule has 1 unspecified atom stereocenters. The maximum Gasteiger partial charge on any atom is 0.0772 e. The van der Waals surface area contributed by atoms with Crippen LogP contribution >= 0.6 is 11.6 Å². The minimum absolute atomic E-state index is 0.366. The lowest BCUT2D eigenvalue weighted by molar-refractivity contribution is -0.00873. The summed E-state index contributed by atoms with van der Waals surface area (Å²) in [6.45, 7) is 3.00. The van der Waals surface area contributed by atoms with Crippen LogP contribution in [0.3, 0.4) is 0 Å². The summed E-state index contributed by atoms with van der Waals surface area (Å²) in [6.07, 6.45) is 6.73. The Morgan fingerprint density at radius 1 is 1.19 bits per heavy atom. The van der Waals surface area contributed by atoms with Crippen molar-refractivity contribution in [3.8, 4) is 0 Å². The molecule has 21 heavy (non-hydrogen) atoms. The smallest absolute Gasteiger partial charge is 0.0772 e. The molecule has 2 saturated carbocycles. The first-order chi connectivity index (χ1) is 10.1. The highest BCUT2D eigenvalue weighted by atomic mass is 35.5. The Morgan fingerprint density at radius 2 is 1.81 bits per heavy atom. The van der Waals surface area contributed by atoms with E-state index in [1.54, 1.807) is 0 Å². The van der Waals surface area contributed by atoms with Crippen molar-refractivity contribution < 1.29 is 5.11 Å². The SMILES string of the molecule is CC1CCC(O)(CNC(c2ccc(Cl)cc2)C2CC2)CC1. The molecule has 0 radical (unpaired) electrons. The van der Waals surface area contributed by atoms with E-state index in [4.69, 9.17) is 11.6 Å². The van der Waals surface area contributed by atoms with Gasteiger partial charge in [-0.05, 0) is 68.1 Å². The largest absolute Gasteiger partial charge is 0.389 e. The molecule has 2 aliphatic carbocycles. The van der Waals surface area contributed by atoms with E-state index in [1.165, 1.54) is 18.4 Å². The van der Waals surface area contributed by atoms with Crippen LogP contribution in [0.2, 0.25) is 5.02 Å². The average molecular weight is 308 g/mol. The molecule has 0 saturated heterocycles. The van der Waals surface area contributed by atoms with Gasteiger partial charge in [0.15, 0.2) is 0 Å². The molecule has 2 N–H and O–H groups in total. The van der Waals surface area contributed by atoms with Crippen LogP contribution in [0.4, 0.5) is 0 Å². The molecule has 1 atom stereocenters. The van der Waals surface area contributed by atoms with Crippen molar-refractivity contribution in [3.05, 3.63) is 34.9 Å². The quantitative estimate of drug-likeness (QED) is 0.849. The van der Waals surface area contributed by atoms with Crippen LogP contribution in [0.15, 0.2) is 24.3 Å². The number of nitrogens with one attached hydrogen (secondary N) is 1. The summed E-state index contributed by atoms with van der Waals surface area (Å²) < 4.78 is 0. The molecule has 1 aromatic rings. The summed E-state index contributed by atoms with van der Waals surface area (Å²) in [6, 6.07) is 8.53. The van der Waals surface area contributed by atoms with Gasteiger partial charge in [-0.1, -0.05) is 30.7 Å². The van der Waals surface area contributed by atoms with Gasteiger partial charge in [0.2, 0.25) is 0 Å². The second-order valence-corrected chi connectivity index (χ2v) is 7.59. The van der Waals surface area contributed by atoms with Crippen molar-refractivity contribution in [1.29, 1.82) is 0 Å². The fourth-order valence-corrected chi connectivity index (χ4v) is 3.56.